The second-order valence-electron chi connectivity index (χ2n) is 3.78. The second-order valence-corrected chi connectivity index (χ2v) is 3.78. The molecule has 0 bridgehead atoms. The smallest absolute Gasteiger partial charge is 0.225 e. The fraction of sp³-hybridized carbons (Fsp3) is 0.417. The number of hydrogen-bond acceptors (Lipinski definition) is 3. The van der Waals surface area contributed by atoms with Crippen LogP contribution in [0.25, 0.3) is 0 Å². The van der Waals surface area contributed by atoms with E-state index in [1.807, 2.05) is 0 Å². The van der Waals surface area contributed by atoms with E-state index in [4.69, 9.17) is 9.84 Å². The molecule has 1 aromatic carbocycles. The molecule has 2 N–H and O–H groups in total. The first-order valence-electron chi connectivity index (χ1n) is 5.40. The highest BCUT2D eigenvalue weighted by molar-refractivity contribution is 5.79. The van der Waals surface area contributed by atoms with Gasteiger partial charge in [-0.3, -0.25) is 4.79 Å². The summed E-state index contributed by atoms with van der Waals surface area (Å²) in [4.78, 5) is 11.5. The highest BCUT2D eigenvalue weighted by Gasteiger charge is 2.16. The lowest BCUT2D eigenvalue weighted by Crippen LogP contribution is -2.41. The summed E-state index contributed by atoms with van der Waals surface area (Å²) in [6, 6.07) is 2.82. The average Bonchev–Trinajstić information content (AvgIpc) is 2.33. The topological polar surface area (TPSA) is 58.6 Å². The average molecular weight is 259 g/mol. The molecule has 18 heavy (non-hydrogen) atoms. The molecule has 0 fully saturated rings. The summed E-state index contributed by atoms with van der Waals surface area (Å²) in [5.74, 6) is -2.11. The van der Waals surface area contributed by atoms with E-state index in [1.165, 1.54) is 13.2 Å². The Balaban J connectivity index is 2.64. The fourth-order valence-electron chi connectivity index (χ4n) is 1.48. The van der Waals surface area contributed by atoms with Crippen LogP contribution in [0.4, 0.5) is 8.78 Å². The van der Waals surface area contributed by atoms with Gasteiger partial charge in [0.05, 0.1) is 25.7 Å². The molecule has 0 aliphatic heterocycles. The minimum atomic E-state index is -0.766. The Kier molecular flexibility index (Phi) is 5.67. The summed E-state index contributed by atoms with van der Waals surface area (Å²) < 4.78 is 31.3. The summed E-state index contributed by atoms with van der Waals surface area (Å²) in [7, 11) is 1.42. The number of aliphatic hydroxyl groups is 1. The lowest BCUT2D eigenvalue weighted by atomic mass is 10.1. The summed E-state index contributed by atoms with van der Waals surface area (Å²) >= 11 is 0. The van der Waals surface area contributed by atoms with Gasteiger partial charge in [0.2, 0.25) is 5.91 Å². The predicted molar refractivity (Wildman–Crippen MR) is 61.0 cm³/mol. The zero-order chi connectivity index (χ0) is 13.5. The Labute approximate surface area is 104 Å². The number of halogens is 2. The largest absolute Gasteiger partial charge is 0.394 e. The molecule has 1 aromatic rings. The second kappa shape index (κ2) is 7.03. The summed E-state index contributed by atoms with van der Waals surface area (Å²) in [6.45, 7) is -0.179. The number of carbonyl (C=O) groups is 1. The van der Waals surface area contributed by atoms with Gasteiger partial charge in [-0.2, -0.15) is 0 Å². The quantitative estimate of drug-likeness (QED) is 0.788. The van der Waals surface area contributed by atoms with Crippen molar-refractivity contribution < 1.29 is 23.4 Å². The number of ether oxygens (including phenoxy) is 1. The zero-order valence-electron chi connectivity index (χ0n) is 9.95. The monoisotopic (exact) mass is 259 g/mol. The van der Waals surface area contributed by atoms with Crippen molar-refractivity contribution in [2.75, 3.05) is 20.3 Å². The van der Waals surface area contributed by atoms with Crippen LogP contribution in [0.1, 0.15) is 5.56 Å². The van der Waals surface area contributed by atoms with Crippen LogP contribution in [0.5, 0.6) is 0 Å². The molecule has 1 atom stereocenters. The van der Waals surface area contributed by atoms with Gasteiger partial charge >= 0.3 is 0 Å². The first kappa shape index (κ1) is 14.5. The van der Waals surface area contributed by atoms with Crippen LogP contribution in [0.2, 0.25) is 0 Å². The van der Waals surface area contributed by atoms with Crippen LogP contribution in [0.15, 0.2) is 18.2 Å². The first-order valence-corrected chi connectivity index (χ1v) is 5.40. The Hall–Kier alpha value is -1.53. The highest BCUT2D eigenvalue weighted by atomic mass is 19.1. The van der Waals surface area contributed by atoms with E-state index in [-0.39, 0.29) is 18.8 Å². The van der Waals surface area contributed by atoms with Crippen molar-refractivity contribution in [3.8, 4) is 0 Å². The van der Waals surface area contributed by atoms with Gasteiger partial charge in [-0.1, -0.05) is 6.07 Å². The van der Waals surface area contributed by atoms with Crippen molar-refractivity contribution in [1.29, 1.82) is 0 Å². The first-order chi connectivity index (χ1) is 8.58. The molecule has 0 aliphatic rings. The Morgan fingerprint density at radius 1 is 1.44 bits per heavy atom. The summed E-state index contributed by atoms with van der Waals surface area (Å²) in [5.41, 5.74) is -0.288. The van der Waals surface area contributed by atoms with Crippen LogP contribution in [0.3, 0.4) is 0 Å². The molecule has 1 amide bonds. The molecule has 0 heterocycles. The zero-order valence-corrected chi connectivity index (χ0v) is 9.95. The molecule has 0 saturated heterocycles. The van der Waals surface area contributed by atoms with Gasteiger partial charge < -0.3 is 15.2 Å². The molecule has 1 rings (SSSR count). The van der Waals surface area contributed by atoms with E-state index in [0.717, 1.165) is 12.1 Å². The number of rotatable bonds is 6. The summed E-state index contributed by atoms with van der Waals surface area (Å²) in [5, 5.41) is 11.4. The molecule has 0 radical (unpaired) electrons. The molecule has 0 saturated carbocycles. The minimum Gasteiger partial charge on any atom is -0.394 e. The SMILES string of the molecule is COCC(CO)NC(=O)Cc1c(F)cccc1F. The van der Waals surface area contributed by atoms with Crippen LogP contribution in [-0.4, -0.2) is 37.4 Å². The summed E-state index contributed by atoms with van der Waals surface area (Å²) in [6.07, 6.45) is -0.418. The molecule has 0 aliphatic carbocycles. The molecule has 0 spiro atoms. The van der Waals surface area contributed by atoms with Gasteiger partial charge in [0.1, 0.15) is 11.6 Å². The minimum absolute atomic E-state index is 0.127. The third-order valence-electron chi connectivity index (χ3n) is 2.35. The normalized spacial score (nSPS) is 12.2. The number of carbonyl (C=O) groups excluding carboxylic acids is 1. The highest BCUT2D eigenvalue weighted by Crippen LogP contribution is 2.12. The van der Waals surface area contributed by atoms with Crippen molar-refractivity contribution in [1.82, 2.24) is 5.32 Å². The molecule has 0 aromatic heterocycles. The maximum absolute atomic E-state index is 13.3. The Morgan fingerprint density at radius 3 is 2.56 bits per heavy atom. The van der Waals surface area contributed by atoms with Crippen molar-refractivity contribution in [2.45, 2.75) is 12.5 Å². The maximum Gasteiger partial charge on any atom is 0.225 e. The molecule has 6 heteroatoms. The van der Waals surface area contributed by atoms with E-state index in [9.17, 15) is 13.6 Å². The van der Waals surface area contributed by atoms with Crippen LogP contribution in [-0.2, 0) is 16.0 Å². The van der Waals surface area contributed by atoms with Crippen LogP contribution in [0, 0.1) is 11.6 Å². The van der Waals surface area contributed by atoms with E-state index >= 15 is 0 Å². The van der Waals surface area contributed by atoms with Gasteiger partial charge in [0.15, 0.2) is 0 Å². The lowest BCUT2D eigenvalue weighted by molar-refractivity contribution is -0.122. The van der Waals surface area contributed by atoms with Crippen LogP contribution >= 0.6 is 0 Å². The Morgan fingerprint density at radius 2 is 2.06 bits per heavy atom. The number of methoxy groups -OCH3 is 1. The van der Waals surface area contributed by atoms with Crippen molar-refractivity contribution >= 4 is 5.91 Å². The van der Waals surface area contributed by atoms with Crippen molar-refractivity contribution in [3.05, 3.63) is 35.4 Å². The van der Waals surface area contributed by atoms with Crippen molar-refractivity contribution in [3.63, 3.8) is 0 Å². The van der Waals surface area contributed by atoms with Gasteiger partial charge in [0.25, 0.3) is 0 Å². The van der Waals surface area contributed by atoms with E-state index < -0.39 is 30.0 Å². The standard InChI is InChI=1S/C12H15F2NO3/c1-18-7-8(6-16)15-12(17)5-9-10(13)3-2-4-11(9)14/h2-4,8,16H,5-7H2,1H3,(H,15,17). The Bertz CT molecular complexity index is 392. The lowest BCUT2D eigenvalue weighted by Gasteiger charge is -2.15. The molecular weight excluding hydrogens is 244 g/mol. The van der Waals surface area contributed by atoms with Gasteiger partial charge in [-0.15, -0.1) is 0 Å². The third kappa shape index (κ3) is 4.05. The predicted octanol–water partition coefficient (Wildman–Crippen LogP) is 0.631. The fourth-order valence-corrected chi connectivity index (χ4v) is 1.48. The number of aliphatic hydroxyl groups excluding tert-OH is 1. The number of amides is 1. The number of benzene rings is 1. The molecular formula is C12H15F2NO3. The molecule has 100 valence electrons. The maximum atomic E-state index is 13.3. The molecule has 4 nitrogen and oxygen atoms in total. The number of nitrogens with one attached hydrogen (secondary N) is 1. The van der Waals surface area contributed by atoms with E-state index in [0.29, 0.717) is 0 Å². The molecule has 1 unspecified atom stereocenters. The van der Waals surface area contributed by atoms with Gasteiger partial charge in [-0.05, 0) is 12.1 Å². The van der Waals surface area contributed by atoms with Gasteiger partial charge in [-0.25, -0.2) is 8.78 Å². The van der Waals surface area contributed by atoms with E-state index in [1.54, 1.807) is 0 Å². The van der Waals surface area contributed by atoms with E-state index in [2.05, 4.69) is 5.32 Å². The van der Waals surface area contributed by atoms with Gasteiger partial charge in [0, 0.05) is 12.7 Å². The third-order valence-corrected chi connectivity index (χ3v) is 2.35. The van der Waals surface area contributed by atoms with Crippen LogP contribution < -0.4 is 5.32 Å². The number of hydrogen-bond donors (Lipinski definition) is 2. The van der Waals surface area contributed by atoms with Crippen molar-refractivity contribution in [2.24, 2.45) is 0 Å².